The van der Waals surface area contributed by atoms with Crippen LogP contribution in [-0.2, 0) is 0 Å². The van der Waals surface area contributed by atoms with Gasteiger partial charge in [0.2, 0.25) is 0 Å². The molecule has 2 atom stereocenters. The van der Waals surface area contributed by atoms with Crippen molar-refractivity contribution in [3.8, 4) is 0 Å². The fourth-order valence-corrected chi connectivity index (χ4v) is 2.20. The van der Waals surface area contributed by atoms with E-state index in [0.717, 1.165) is 17.0 Å². The first-order valence-corrected chi connectivity index (χ1v) is 7.60. The lowest BCUT2D eigenvalue weighted by molar-refractivity contribution is 0.557. The summed E-state index contributed by atoms with van der Waals surface area (Å²) >= 11 is 0. The van der Waals surface area contributed by atoms with Crippen LogP contribution in [0.5, 0.6) is 0 Å². The molecule has 0 radical (unpaired) electrons. The van der Waals surface area contributed by atoms with Gasteiger partial charge in [0.05, 0.1) is 11.7 Å². The predicted molar refractivity (Wildman–Crippen MR) is 93.7 cm³/mol. The van der Waals surface area contributed by atoms with E-state index in [1.54, 1.807) is 6.20 Å². The van der Waals surface area contributed by atoms with E-state index in [4.69, 9.17) is 0 Å². The molecule has 2 unspecified atom stereocenters. The van der Waals surface area contributed by atoms with Gasteiger partial charge >= 0.3 is 0 Å². The van der Waals surface area contributed by atoms with E-state index in [0.29, 0.717) is 12.0 Å². The Morgan fingerprint density at radius 1 is 1.32 bits per heavy atom. The number of pyridine rings is 1. The molecule has 0 fully saturated rings. The molecule has 1 aliphatic carbocycles. The number of nitrogens with zero attached hydrogens (tertiary/aromatic N) is 2. The highest BCUT2D eigenvalue weighted by atomic mass is 14.9. The van der Waals surface area contributed by atoms with Crippen molar-refractivity contribution in [2.75, 3.05) is 0 Å². The van der Waals surface area contributed by atoms with E-state index in [1.165, 1.54) is 0 Å². The van der Waals surface area contributed by atoms with Crippen LogP contribution in [0, 0.1) is 5.92 Å². The van der Waals surface area contributed by atoms with Crippen molar-refractivity contribution in [1.82, 2.24) is 10.3 Å². The molecule has 0 amide bonds. The summed E-state index contributed by atoms with van der Waals surface area (Å²) in [5.74, 6) is 0.490. The van der Waals surface area contributed by atoms with Gasteiger partial charge in [-0.2, -0.15) is 0 Å². The minimum atomic E-state index is 0.336. The van der Waals surface area contributed by atoms with E-state index in [-0.39, 0.29) is 0 Å². The van der Waals surface area contributed by atoms with Crippen LogP contribution in [0.25, 0.3) is 0 Å². The highest BCUT2D eigenvalue weighted by Gasteiger charge is 2.10. The van der Waals surface area contributed by atoms with Gasteiger partial charge in [-0.3, -0.25) is 9.98 Å². The van der Waals surface area contributed by atoms with Gasteiger partial charge in [0.25, 0.3) is 0 Å². The second-order valence-corrected chi connectivity index (χ2v) is 5.31. The maximum Gasteiger partial charge on any atom is 0.0604 e. The maximum absolute atomic E-state index is 4.65. The van der Waals surface area contributed by atoms with Crippen molar-refractivity contribution < 1.29 is 0 Å². The number of hydrogen-bond donors (Lipinski definition) is 1. The molecule has 0 spiro atoms. The Hall–Kier alpha value is -2.42. The minimum Gasteiger partial charge on any atom is -0.384 e. The summed E-state index contributed by atoms with van der Waals surface area (Å²) in [4.78, 5) is 8.77. The zero-order valence-corrected chi connectivity index (χ0v) is 13.4. The third-order valence-electron chi connectivity index (χ3n) is 3.63. The van der Waals surface area contributed by atoms with Gasteiger partial charge in [-0.1, -0.05) is 43.4 Å². The molecule has 114 valence electrons. The van der Waals surface area contributed by atoms with Gasteiger partial charge in [-0.25, -0.2) is 0 Å². The van der Waals surface area contributed by atoms with E-state index in [1.807, 2.05) is 50.5 Å². The molecule has 3 heteroatoms. The van der Waals surface area contributed by atoms with Crippen LogP contribution in [0.4, 0.5) is 0 Å². The monoisotopic (exact) mass is 293 g/mol. The molecule has 2 rings (SSSR count). The second-order valence-electron chi connectivity index (χ2n) is 5.31. The third kappa shape index (κ3) is 4.55. The first-order valence-electron chi connectivity index (χ1n) is 7.60. The van der Waals surface area contributed by atoms with E-state index in [2.05, 4.69) is 46.5 Å². The number of nitrogens with one attached hydrogen (secondary N) is 1. The lowest BCUT2D eigenvalue weighted by atomic mass is 9.97. The van der Waals surface area contributed by atoms with Crippen LogP contribution in [0.3, 0.4) is 0 Å². The van der Waals surface area contributed by atoms with Crippen molar-refractivity contribution >= 4 is 5.71 Å². The molecular weight excluding hydrogens is 270 g/mol. The fourth-order valence-electron chi connectivity index (χ4n) is 2.20. The summed E-state index contributed by atoms with van der Waals surface area (Å²) in [6.45, 7) is 6.19. The molecule has 0 aliphatic heterocycles. The van der Waals surface area contributed by atoms with Gasteiger partial charge in [0.1, 0.15) is 0 Å². The Morgan fingerprint density at radius 3 is 2.82 bits per heavy atom. The SMILES string of the molecule is C/C=C(/C=C/NC1C=CC=CC1C)N=C(C)c1cccnc1. The van der Waals surface area contributed by atoms with Crippen LogP contribution in [-0.4, -0.2) is 16.7 Å². The van der Waals surface area contributed by atoms with Gasteiger partial charge in [-0.05, 0) is 38.1 Å². The van der Waals surface area contributed by atoms with Gasteiger partial charge in [0.15, 0.2) is 0 Å². The fraction of sp³-hybridized carbons (Fsp3) is 0.263. The van der Waals surface area contributed by atoms with Crippen molar-refractivity contribution in [1.29, 1.82) is 0 Å². The van der Waals surface area contributed by atoms with Crippen molar-refractivity contribution in [2.45, 2.75) is 26.8 Å². The Balaban J connectivity index is 1.99. The molecule has 0 bridgehead atoms. The molecule has 0 saturated heterocycles. The molecule has 22 heavy (non-hydrogen) atoms. The highest BCUT2D eigenvalue weighted by Crippen LogP contribution is 2.11. The zero-order chi connectivity index (χ0) is 15.8. The number of hydrogen-bond acceptors (Lipinski definition) is 3. The normalized spacial score (nSPS) is 22.3. The van der Waals surface area contributed by atoms with Crippen LogP contribution < -0.4 is 5.32 Å². The van der Waals surface area contributed by atoms with Crippen LogP contribution in [0.15, 0.2) is 77.9 Å². The molecule has 1 aliphatic rings. The molecule has 1 aromatic heterocycles. The second kappa shape index (κ2) is 8.13. The lowest BCUT2D eigenvalue weighted by Crippen LogP contribution is -2.29. The van der Waals surface area contributed by atoms with E-state index < -0.39 is 0 Å². The smallest absolute Gasteiger partial charge is 0.0604 e. The number of rotatable bonds is 5. The average molecular weight is 293 g/mol. The molecule has 0 saturated carbocycles. The van der Waals surface area contributed by atoms with Gasteiger partial charge < -0.3 is 5.32 Å². The number of allylic oxidation sites excluding steroid dienone is 4. The number of aromatic nitrogens is 1. The molecule has 3 nitrogen and oxygen atoms in total. The predicted octanol–water partition coefficient (Wildman–Crippen LogP) is 4.03. The Kier molecular flexibility index (Phi) is 5.90. The zero-order valence-electron chi connectivity index (χ0n) is 13.4. The Bertz CT molecular complexity index is 621. The quantitative estimate of drug-likeness (QED) is 0.657. The Labute approximate surface area is 132 Å². The van der Waals surface area contributed by atoms with E-state index >= 15 is 0 Å². The third-order valence-corrected chi connectivity index (χ3v) is 3.63. The summed E-state index contributed by atoms with van der Waals surface area (Å²) in [6, 6.07) is 4.27. The summed E-state index contributed by atoms with van der Waals surface area (Å²) in [6.07, 6.45) is 18.1. The molecule has 0 aromatic carbocycles. The van der Waals surface area contributed by atoms with Crippen LogP contribution in [0.2, 0.25) is 0 Å². The summed E-state index contributed by atoms with van der Waals surface area (Å²) < 4.78 is 0. The molecule has 1 aromatic rings. The van der Waals surface area contributed by atoms with Crippen LogP contribution >= 0.6 is 0 Å². The van der Waals surface area contributed by atoms with Crippen molar-refractivity contribution in [3.63, 3.8) is 0 Å². The number of aliphatic imine (C=N–C) groups is 1. The first kappa shape index (κ1) is 16.0. The first-order chi connectivity index (χ1) is 10.7. The summed E-state index contributed by atoms with van der Waals surface area (Å²) in [5.41, 5.74) is 2.92. The van der Waals surface area contributed by atoms with Gasteiger partial charge in [0, 0.05) is 23.7 Å². The minimum absolute atomic E-state index is 0.336. The molecular formula is C19H23N3. The molecule has 1 N–H and O–H groups in total. The van der Waals surface area contributed by atoms with Crippen molar-refractivity contribution in [3.05, 3.63) is 78.4 Å². The topological polar surface area (TPSA) is 37.3 Å². The highest BCUT2D eigenvalue weighted by molar-refractivity contribution is 5.99. The largest absolute Gasteiger partial charge is 0.384 e. The summed E-state index contributed by atoms with van der Waals surface area (Å²) in [7, 11) is 0. The standard InChI is InChI=1S/C19H23N3/c1-4-18(22-16(3)17-9-7-12-20-14-17)11-13-21-19-10-6-5-8-15(19)2/h4-15,19,21H,1-3H3/b13-11+,18-4-,22-16?. The van der Waals surface area contributed by atoms with E-state index in [9.17, 15) is 0 Å². The van der Waals surface area contributed by atoms with Crippen LogP contribution in [0.1, 0.15) is 26.3 Å². The maximum atomic E-state index is 4.65. The average Bonchev–Trinajstić information content (AvgIpc) is 2.56. The van der Waals surface area contributed by atoms with Crippen molar-refractivity contribution in [2.24, 2.45) is 10.9 Å². The molecule has 1 heterocycles. The Morgan fingerprint density at radius 2 is 2.14 bits per heavy atom. The lowest BCUT2D eigenvalue weighted by Gasteiger charge is -2.20. The summed E-state index contributed by atoms with van der Waals surface area (Å²) in [5, 5.41) is 3.41. The van der Waals surface area contributed by atoms with Gasteiger partial charge in [-0.15, -0.1) is 0 Å².